The number of carboxylic acid groups (broad SMARTS) is 1. The van der Waals surface area contributed by atoms with Crippen LogP contribution >= 0.6 is 15.9 Å². The molecular weight excluding hydrogens is 336 g/mol. The van der Waals surface area contributed by atoms with Gasteiger partial charge in [-0.15, -0.1) is 5.10 Å². The van der Waals surface area contributed by atoms with Crippen molar-refractivity contribution in [2.24, 2.45) is 5.41 Å². The van der Waals surface area contributed by atoms with E-state index in [1.807, 2.05) is 25.1 Å². The Balaban J connectivity index is 1.94. The number of carboxylic acids is 1. The lowest BCUT2D eigenvalue weighted by atomic mass is 9.69. The Labute approximate surface area is 130 Å². The number of rotatable bonds is 4. The summed E-state index contributed by atoms with van der Waals surface area (Å²) in [7, 11) is 0. The number of aryl methyl sites for hydroxylation is 1. The summed E-state index contributed by atoms with van der Waals surface area (Å²) in [6.45, 7) is 2.31. The molecule has 1 aromatic heterocycles. The third-order valence-corrected chi connectivity index (χ3v) is 5.05. The summed E-state index contributed by atoms with van der Waals surface area (Å²) < 4.78 is 2.63. The van der Waals surface area contributed by atoms with Gasteiger partial charge in [0.1, 0.15) is 0 Å². The molecule has 3 rings (SSSR count). The number of nitrogens with zero attached hydrogens (tertiary/aromatic N) is 4. The molecule has 0 aliphatic heterocycles. The van der Waals surface area contributed by atoms with Crippen molar-refractivity contribution in [3.8, 4) is 11.4 Å². The Kier molecular flexibility index (Phi) is 3.52. The van der Waals surface area contributed by atoms with E-state index in [2.05, 4.69) is 31.5 Å². The van der Waals surface area contributed by atoms with Crippen LogP contribution in [0, 0.1) is 12.3 Å². The zero-order valence-electron chi connectivity index (χ0n) is 11.6. The molecule has 0 amide bonds. The van der Waals surface area contributed by atoms with Gasteiger partial charge in [-0.2, -0.15) is 0 Å². The van der Waals surface area contributed by atoms with Crippen molar-refractivity contribution in [2.75, 3.05) is 0 Å². The standard InChI is InChI=1S/C14H15BrN4O2/c1-9-7-10(3-4-11(9)15)12-16-17-18-19(12)8-14(13(20)21)5-2-6-14/h3-4,7H,2,5-6,8H2,1H3,(H,20,21). The van der Waals surface area contributed by atoms with Crippen LogP contribution in [0.5, 0.6) is 0 Å². The van der Waals surface area contributed by atoms with Crippen molar-refractivity contribution in [3.63, 3.8) is 0 Å². The smallest absolute Gasteiger partial charge is 0.311 e. The second-order valence-corrected chi connectivity index (χ2v) is 6.42. The summed E-state index contributed by atoms with van der Waals surface area (Å²) in [5, 5.41) is 21.2. The van der Waals surface area contributed by atoms with Gasteiger partial charge in [-0.3, -0.25) is 4.79 Å². The van der Waals surface area contributed by atoms with Crippen LogP contribution in [-0.4, -0.2) is 31.3 Å². The molecule has 1 aliphatic carbocycles. The number of aliphatic carboxylic acids is 1. The van der Waals surface area contributed by atoms with Crippen LogP contribution in [0.4, 0.5) is 0 Å². The van der Waals surface area contributed by atoms with Crippen LogP contribution in [-0.2, 0) is 11.3 Å². The molecule has 1 aromatic carbocycles. The van der Waals surface area contributed by atoms with Gasteiger partial charge >= 0.3 is 5.97 Å². The predicted molar refractivity (Wildman–Crippen MR) is 79.6 cm³/mol. The summed E-state index contributed by atoms with van der Waals surface area (Å²) in [6.07, 6.45) is 2.31. The molecule has 6 nitrogen and oxygen atoms in total. The first kappa shape index (κ1) is 14.2. The predicted octanol–water partition coefficient (Wildman–Crippen LogP) is 2.67. The Morgan fingerprint density at radius 1 is 1.48 bits per heavy atom. The largest absolute Gasteiger partial charge is 0.481 e. The zero-order chi connectivity index (χ0) is 15.0. The second kappa shape index (κ2) is 5.22. The van der Waals surface area contributed by atoms with E-state index in [-0.39, 0.29) is 0 Å². The van der Waals surface area contributed by atoms with Crippen molar-refractivity contribution in [2.45, 2.75) is 32.7 Å². The lowest BCUT2D eigenvalue weighted by molar-refractivity contribution is -0.156. The molecular formula is C14H15BrN4O2. The highest BCUT2D eigenvalue weighted by atomic mass is 79.9. The number of halogens is 1. The van der Waals surface area contributed by atoms with Crippen LogP contribution in [0.25, 0.3) is 11.4 Å². The van der Waals surface area contributed by atoms with Crippen LogP contribution in [0.15, 0.2) is 22.7 Å². The highest BCUT2D eigenvalue weighted by molar-refractivity contribution is 9.10. The Bertz CT molecular complexity index is 694. The summed E-state index contributed by atoms with van der Waals surface area (Å²) in [5.74, 6) is -0.152. The van der Waals surface area contributed by atoms with Crippen LogP contribution in [0.1, 0.15) is 24.8 Å². The van der Waals surface area contributed by atoms with Gasteiger partial charge in [0.2, 0.25) is 0 Å². The van der Waals surface area contributed by atoms with Gasteiger partial charge in [0.25, 0.3) is 0 Å². The van der Waals surface area contributed by atoms with Crippen LogP contribution in [0.3, 0.4) is 0 Å². The third-order valence-electron chi connectivity index (χ3n) is 4.16. The molecule has 0 saturated heterocycles. The first-order valence-electron chi connectivity index (χ1n) is 6.78. The van der Waals surface area contributed by atoms with E-state index < -0.39 is 11.4 Å². The highest BCUT2D eigenvalue weighted by Crippen LogP contribution is 2.43. The average molecular weight is 351 g/mol. The van der Waals surface area contributed by atoms with Crippen molar-refractivity contribution in [1.29, 1.82) is 0 Å². The molecule has 1 saturated carbocycles. The molecule has 2 aromatic rings. The number of hydrogen-bond donors (Lipinski definition) is 1. The first-order valence-corrected chi connectivity index (χ1v) is 7.57. The van der Waals surface area contributed by atoms with Gasteiger partial charge in [0, 0.05) is 10.0 Å². The third kappa shape index (κ3) is 2.46. The minimum Gasteiger partial charge on any atom is -0.481 e. The van der Waals surface area contributed by atoms with E-state index in [1.54, 1.807) is 4.68 Å². The molecule has 1 heterocycles. The maximum absolute atomic E-state index is 11.5. The molecule has 21 heavy (non-hydrogen) atoms. The molecule has 0 spiro atoms. The molecule has 7 heteroatoms. The minimum absolute atomic E-state index is 0.319. The molecule has 0 radical (unpaired) electrons. The summed E-state index contributed by atoms with van der Waals surface area (Å²) >= 11 is 3.46. The molecule has 1 N–H and O–H groups in total. The summed E-state index contributed by atoms with van der Waals surface area (Å²) in [4.78, 5) is 11.5. The van der Waals surface area contributed by atoms with Crippen LogP contribution in [0.2, 0.25) is 0 Å². The fourth-order valence-corrected chi connectivity index (χ4v) is 2.88. The SMILES string of the molecule is Cc1cc(-c2nnnn2CC2(C(=O)O)CCC2)ccc1Br. The van der Waals surface area contributed by atoms with E-state index in [0.717, 1.165) is 22.0 Å². The molecule has 110 valence electrons. The number of aromatic nitrogens is 4. The number of tetrazole rings is 1. The Morgan fingerprint density at radius 3 is 2.81 bits per heavy atom. The molecule has 1 fully saturated rings. The fourth-order valence-electron chi connectivity index (χ4n) is 2.63. The maximum atomic E-state index is 11.5. The van der Waals surface area contributed by atoms with Gasteiger partial charge in [0.15, 0.2) is 5.82 Å². The molecule has 0 unspecified atom stereocenters. The minimum atomic E-state index is -0.762. The van der Waals surface area contributed by atoms with Crippen molar-refractivity contribution < 1.29 is 9.90 Å². The highest BCUT2D eigenvalue weighted by Gasteiger charge is 2.45. The zero-order valence-corrected chi connectivity index (χ0v) is 13.2. The van der Waals surface area contributed by atoms with E-state index in [0.29, 0.717) is 25.2 Å². The van der Waals surface area contributed by atoms with Gasteiger partial charge < -0.3 is 5.11 Å². The topological polar surface area (TPSA) is 80.9 Å². The normalized spacial score (nSPS) is 16.5. The van der Waals surface area contributed by atoms with Crippen molar-refractivity contribution >= 4 is 21.9 Å². The van der Waals surface area contributed by atoms with E-state index in [9.17, 15) is 9.90 Å². The lowest BCUT2D eigenvalue weighted by Crippen LogP contribution is -2.42. The monoisotopic (exact) mass is 350 g/mol. The van der Waals surface area contributed by atoms with Crippen molar-refractivity contribution in [1.82, 2.24) is 20.2 Å². The first-order chi connectivity index (χ1) is 10.0. The van der Waals surface area contributed by atoms with E-state index in [4.69, 9.17) is 0 Å². The number of carbonyl (C=O) groups is 1. The van der Waals surface area contributed by atoms with Gasteiger partial charge in [-0.1, -0.05) is 22.4 Å². The van der Waals surface area contributed by atoms with Crippen molar-refractivity contribution in [3.05, 3.63) is 28.2 Å². The quantitative estimate of drug-likeness (QED) is 0.916. The fraction of sp³-hybridized carbons (Fsp3) is 0.429. The number of hydrogen-bond acceptors (Lipinski definition) is 4. The molecule has 0 bridgehead atoms. The van der Waals surface area contributed by atoms with Crippen LogP contribution < -0.4 is 0 Å². The van der Waals surface area contributed by atoms with E-state index in [1.165, 1.54) is 0 Å². The Morgan fingerprint density at radius 2 is 2.24 bits per heavy atom. The summed E-state index contributed by atoms with van der Waals surface area (Å²) in [6, 6.07) is 5.86. The maximum Gasteiger partial charge on any atom is 0.311 e. The van der Waals surface area contributed by atoms with Gasteiger partial charge in [-0.05, 0) is 54.0 Å². The Hall–Kier alpha value is -1.76. The lowest BCUT2D eigenvalue weighted by Gasteiger charge is -2.37. The van der Waals surface area contributed by atoms with Gasteiger partial charge in [-0.25, -0.2) is 4.68 Å². The summed E-state index contributed by atoms with van der Waals surface area (Å²) in [5.41, 5.74) is 1.26. The molecule has 0 atom stereocenters. The van der Waals surface area contributed by atoms with E-state index >= 15 is 0 Å². The second-order valence-electron chi connectivity index (χ2n) is 5.56. The number of benzene rings is 1. The average Bonchev–Trinajstić information content (AvgIpc) is 2.84. The molecule has 1 aliphatic rings. The van der Waals surface area contributed by atoms with Gasteiger partial charge in [0.05, 0.1) is 12.0 Å².